The van der Waals surface area contributed by atoms with E-state index in [0.29, 0.717) is 36.7 Å². The first-order valence-electron chi connectivity index (χ1n) is 15.5. The molecule has 1 heterocycles. The number of benzene rings is 4. The lowest BCUT2D eigenvalue weighted by Crippen LogP contribution is -2.54. The van der Waals surface area contributed by atoms with Crippen LogP contribution in [0.4, 0.5) is 10.1 Å². The zero-order valence-electron chi connectivity index (χ0n) is 26.3. The highest BCUT2D eigenvalue weighted by Crippen LogP contribution is 2.36. The van der Waals surface area contributed by atoms with Gasteiger partial charge in [-0.15, -0.1) is 0 Å². The van der Waals surface area contributed by atoms with Crippen molar-refractivity contribution in [3.63, 3.8) is 0 Å². The molecular formula is C36H38FN3O6S. The first kappa shape index (κ1) is 33.5. The van der Waals surface area contributed by atoms with Crippen molar-refractivity contribution < 1.29 is 31.9 Å². The van der Waals surface area contributed by atoms with Crippen LogP contribution in [0.15, 0.2) is 108 Å². The van der Waals surface area contributed by atoms with Crippen LogP contribution in [0, 0.1) is 5.82 Å². The number of carbonyl (C=O) groups is 2. The van der Waals surface area contributed by atoms with Crippen molar-refractivity contribution in [3.8, 4) is 11.5 Å². The van der Waals surface area contributed by atoms with Crippen molar-refractivity contribution in [1.29, 1.82) is 0 Å². The van der Waals surface area contributed by atoms with Crippen molar-refractivity contribution >= 4 is 27.5 Å². The largest absolute Gasteiger partial charge is 0.486 e. The van der Waals surface area contributed by atoms with Gasteiger partial charge in [-0.05, 0) is 60.9 Å². The van der Waals surface area contributed by atoms with Gasteiger partial charge in [0, 0.05) is 25.1 Å². The van der Waals surface area contributed by atoms with Crippen LogP contribution < -0.4 is 19.1 Å². The Hall–Kier alpha value is -4.90. The predicted octanol–water partition coefficient (Wildman–Crippen LogP) is 5.35. The summed E-state index contributed by atoms with van der Waals surface area (Å²) in [7, 11) is -4.28. The molecule has 0 radical (unpaired) electrons. The van der Waals surface area contributed by atoms with Crippen molar-refractivity contribution in [1.82, 2.24) is 10.2 Å². The van der Waals surface area contributed by atoms with Crippen LogP contribution in [0.3, 0.4) is 0 Å². The van der Waals surface area contributed by atoms with E-state index in [4.69, 9.17) is 9.47 Å². The van der Waals surface area contributed by atoms with Crippen molar-refractivity contribution in [2.24, 2.45) is 0 Å². The molecule has 9 nitrogen and oxygen atoms in total. The predicted molar refractivity (Wildman–Crippen MR) is 177 cm³/mol. The molecule has 0 saturated carbocycles. The van der Waals surface area contributed by atoms with E-state index >= 15 is 0 Å². The zero-order valence-corrected chi connectivity index (χ0v) is 27.2. The van der Waals surface area contributed by atoms with Gasteiger partial charge in [-0.3, -0.25) is 13.9 Å². The number of hydrogen-bond donors (Lipinski definition) is 1. The van der Waals surface area contributed by atoms with Crippen molar-refractivity contribution in [2.75, 3.05) is 24.1 Å². The molecule has 0 bridgehead atoms. The Bertz CT molecular complexity index is 1770. The molecule has 0 unspecified atom stereocenters. The molecule has 11 heteroatoms. The number of fused-ring (bicyclic) bond motifs is 1. The van der Waals surface area contributed by atoms with Crippen LogP contribution in [0.25, 0.3) is 0 Å². The number of amides is 2. The summed E-state index contributed by atoms with van der Waals surface area (Å²) in [5.74, 6) is -0.626. The van der Waals surface area contributed by atoms with Gasteiger partial charge in [0.05, 0.1) is 10.6 Å². The van der Waals surface area contributed by atoms with Gasteiger partial charge in [0.2, 0.25) is 11.8 Å². The van der Waals surface area contributed by atoms with Gasteiger partial charge in [-0.25, -0.2) is 12.8 Å². The number of anilines is 1. The maximum Gasteiger partial charge on any atom is 0.264 e. The average Bonchev–Trinajstić information content (AvgIpc) is 3.09. The lowest BCUT2D eigenvalue weighted by molar-refractivity contribution is -0.140. The van der Waals surface area contributed by atoms with Crippen LogP contribution in [-0.2, 0) is 32.6 Å². The number of nitrogens with one attached hydrogen (secondary N) is 1. The summed E-state index contributed by atoms with van der Waals surface area (Å²) < 4.78 is 54.7. The van der Waals surface area contributed by atoms with Gasteiger partial charge in [0.15, 0.2) is 11.5 Å². The number of rotatable bonds is 13. The summed E-state index contributed by atoms with van der Waals surface area (Å²) in [5.41, 5.74) is 1.58. The molecule has 0 aromatic heterocycles. The van der Waals surface area contributed by atoms with E-state index in [2.05, 4.69) is 5.32 Å². The summed E-state index contributed by atoms with van der Waals surface area (Å²) in [4.78, 5) is 29.8. The fraction of sp³-hybridized carbons (Fsp3) is 0.278. The van der Waals surface area contributed by atoms with Gasteiger partial charge in [-0.2, -0.15) is 0 Å². The molecule has 0 fully saturated rings. The molecule has 0 aliphatic carbocycles. The van der Waals surface area contributed by atoms with E-state index in [9.17, 15) is 22.4 Å². The molecule has 2 amide bonds. The Morgan fingerprint density at radius 2 is 1.49 bits per heavy atom. The second kappa shape index (κ2) is 15.1. The Balaban J connectivity index is 1.58. The number of ether oxygens (including phenoxy) is 2. The van der Waals surface area contributed by atoms with Crippen LogP contribution in [-0.4, -0.2) is 57.0 Å². The number of carbonyl (C=O) groups excluding carboxylic acids is 2. The third-order valence-electron chi connectivity index (χ3n) is 7.96. The van der Waals surface area contributed by atoms with Gasteiger partial charge >= 0.3 is 0 Å². The lowest BCUT2D eigenvalue weighted by atomic mass is 10.0. The second-order valence-electron chi connectivity index (χ2n) is 11.3. The molecule has 246 valence electrons. The molecule has 0 spiro atoms. The Labute approximate surface area is 275 Å². The van der Waals surface area contributed by atoms with E-state index in [0.717, 1.165) is 9.87 Å². The quantitative estimate of drug-likeness (QED) is 0.208. The number of hydrogen-bond acceptors (Lipinski definition) is 6. The molecule has 1 N–H and O–H groups in total. The Morgan fingerprint density at radius 1 is 0.851 bits per heavy atom. The SMILES string of the molecule is CC[C@H](C)NC(=O)[C@H](Cc1ccccc1)N(Cc1ccc(F)cc1)C(=O)CN(c1ccc2c(c1)OCCO2)S(=O)(=O)c1ccccc1. The minimum absolute atomic E-state index is 0.0110. The first-order valence-corrected chi connectivity index (χ1v) is 17.0. The highest BCUT2D eigenvalue weighted by atomic mass is 32.2. The topological polar surface area (TPSA) is 105 Å². The van der Waals surface area contributed by atoms with Gasteiger partial charge < -0.3 is 19.7 Å². The molecule has 4 aromatic carbocycles. The summed E-state index contributed by atoms with van der Waals surface area (Å²) in [6.45, 7) is 3.78. The molecular weight excluding hydrogens is 621 g/mol. The van der Waals surface area contributed by atoms with Gasteiger partial charge in [-0.1, -0.05) is 67.6 Å². The normalized spacial score (nSPS) is 13.7. The fourth-order valence-corrected chi connectivity index (χ4v) is 6.64. The zero-order chi connectivity index (χ0) is 33.4. The lowest BCUT2D eigenvalue weighted by Gasteiger charge is -2.34. The molecule has 47 heavy (non-hydrogen) atoms. The second-order valence-corrected chi connectivity index (χ2v) is 13.2. The van der Waals surface area contributed by atoms with Crippen molar-refractivity contribution in [2.45, 2.75) is 50.2 Å². The van der Waals surface area contributed by atoms with E-state index in [-0.39, 0.29) is 35.5 Å². The van der Waals surface area contributed by atoms with Gasteiger partial charge in [0.1, 0.15) is 31.6 Å². The van der Waals surface area contributed by atoms with E-state index < -0.39 is 34.3 Å². The van der Waals surface area contributed by atoms with E-state index in [1.54, 1.807) is 42.5 Å². The summed E-state index contributed by atoms with van der Waals surface area (Å²) in [6, 6.07) is 26.3. The minimum Gasteiger partial charge on any atom is -0.486 e. The fourth-order valence-electron chi connectivity index (χ4n) is 5.22. The number of halogens is 1. The van der Waals surface area contributed by atoms with Gasteiger partial charge in [0.25, 0.3) is 10.0 Å². The monoisotopic (exact) mass is 659 g/mol. The van der Waals surface area contributed by atoms with Crippen LogP contribution >= 0.6 is 0 Å². The molecule has 5 rings (SSSR count). The number of sulfonamides is 1. The van der Waals surface area contributed by atoms with Crippen LogP contribution in [0.2, 0.25) is 0 Å². The molecule has 2 atom stereocenters. The Kier molecular flexibility index (Phi) is 10.8. The van der Waals surface area contributed by atoms with E-state index in [1.165, 1.54) is 35.2 Å². The molecule has 1 aliphatic heterocycles. The summed E-state index contributed by atoms with van der Waals surface area (Å²) in [6.07, 6.45) is 0.842. The molecule has 0 saturated heterocycles. The third-order valence-corrected chi connectivity index (χ3v) is 9.75. The standard InChI is InChI=1S/C36H38FN3O6S/c1-3-26(2)38-36(42)32(22-27-10-6-4-7-11-27)39(24-28-14-16-29(37)17-15-28)35(41)25-40(47(43,44)31-12-8-5-9-13-31)30-18-19-33-34(23-30)46-21-20-45-33/h4-19,23,26,32H,3,20-22,24-25H2,1-2H3,(H,38,42)/t26-,32-/m0/s1. The molecule has 1 aliphatic rings. The Morgan fingerprint density at radius 3 is 2.15 bits per heavy atom. The van der Waals surface area contributed by atoms with Crippen LogP contribution in [0.1, 0.15) is 31.4 Å². The maximum absolute atomic E-state index is 14.6. The summed E-state index contributed by atoms with van der Waals surface area (Å²) in [5, 5.41) is 3.00. The smallest absolute Gasteiger partial charge is 0.264 e. The first-order chi connectivity index (χ1) is 22.7. The highest BCUT2D eigenvalue weighted by molar-refractivity contribution is 7.92. The minimum atomic E-state index is -4.28. The number of nitrogens with zero attached hydrogens (tertiary/aromatic N) is 2. The average molecular weight is 660 g/mol. The molecule has 4 aromatic rings. The van der Waals surface area contributed by atoms with E-state index in [1.807, 2.05) is 44.2 Å². The maximum atomic E-state index is 14.6. The van der Waals surface area contributed by atoms with Crippen molar-refractivity contribution in [3.05, 3.63) is 120 Å². The third kappa shape index (κ3) is 8.28. The van der Waals surface area contributed by atoms with Crippen LogP contribution in [0.5, 0.6) is 11.5 Å². The highest BCUT2D eigenvalue weighted by Gasteiger charge is 2.35. The summed E-state index contributed by atoms with van der Waals surface area (Å²) >= 11 is 0.